The van der Waals surface area contributed by atoms with Gasteiger partial charge in [-0.15, -0.1) is 0 Å². The second-order valence-corrected chi connectivity index (χ2v) is 6.53. The molecule has 1 aromatic heterocycles. The summed E-state index contributed by atoms with van der Waals surface area (Å²) in [5, 5.41) is 4.47. The van der Waals surface area contributed by atoms with Crippen LogP contribution in [0.1, 0.15) is 25.3 Å². The van der Waals surface area contributed by atoms with Gasteiger partial charge in [-0.05, 0) is 31.5 Å². The molecule has 0 fully saturated rings. The zero-order valence-electron chi connectivity index (χ0n) is 13.9. The van der Waals surface area contributed by atoms with Crippen molar-refractivity contribution in [3.8, 4) is 11.4 Å². The molecule has 0 radical (unpaired) electrons. The molecule has 3 aromatic rings. The van der Waals surface area contributed by atoms with Gasteiger partial charge < -0.3 is 9.26 Å². The third-order valence-electron chi connectivity index (χ3n) is 3.88. The maximum absolute atomic E-state index is 12.5. The van der Waals surface area contributed by atoms with Gasteiger partial charge in [0.25, 0.3) is 5.89 Å². The van der Waals surface area contributed by atoms with Crippen LogP contribution < -0.4 is 0 Å². The van der Waals surface area contributed by atoms with Crippen molar-refractivity contribution in [1.82, 2.24) is 10.1 Å². The highest BCUT2D eigenvalue weighted by Gasteiger charge is 2.32. The van der Waals surface area contributed by atoms with E-state index in [1.165, 1.54) is 0 Å². The van der Waals surface area contributed by atoms with Crippen LogP contribution >= 0.6 is 11.6 Å². The number of halogens is 1. The van der Waals surface area contributed by atoms with Crippen molar-refractivity contribution in [2.75, 3.05) is 0 Å². The number of aromatic nitrogens is 2. The van der Waals surface area contributed by atoms with Crippen molar-refractivity contribution in [1.29, 1.82) is 0 Å². The summed E-state index contributed by atoms with van der Waals surface area (Å²) >= 11 is 6.00. The van der Waals surface area contributed by atoms with Crippen LogP contribution in [0.4, 0.5) is 0 Å². The molecule has 0 spiro atoms. The summed E-state index contributed by atoms with van der Waals surface area (Å²) in [6.07, 6.45) is 0. The minimum absolute atomic E-state index is 0.0807. The van der Waals surface area contributed by atoms with Crippen LogP contribution in [0.15, 0.2) is 59.1 Å². The van der Waals surface area contributed by atoms with Crippen molar-refractivity contribution in [2.24, 2.45) is 0 Å². The fraction of sp³-hybridized carbons (Fsp3) is 0.211. The Kier molecular flexibility index (Phi) is 4.86. The molecule has 0 saturated carbocycles. The standard InChI is InChI=1S/C19H17ClN2O3/c1-19(2,14-9-6-10-15(20)11-14)18(23)24-12-16-21-17(22-25-16)13-7-4-3-5-8-13/h3-11H,12H2,1-2H3. The van der Waals surface area contributed by atoms with Crippen molar-refractivity contribution in [3.63, 3.8) is 0 Å². The maximum atomic E-state index is 12.5. The van der Waals surface area contributed by atoms with Gasteiger partial charge in [0.15, 0.2) is 6.61 Å². The van der Waals surface area contributed by atoms with Gasteiger partial charge in [0.1, 0.15) is 0 Å². The molecule has 0 aliphatic heterocycles. The van der Waals surface area contributed by atoms with E-state index in [0.717, 1.165) is 11.1 Å². The summed E-state index contributed by atoms with van der Waals surface area (Å²) in [5.41, 5.74) is 0.774. The number of hydrogen-bond acceptors (Lipinski definition) is 5. The van der Waals surface area contributed by atoms with E-state index in [9.17, 15) is 4.79 Å². The molecule has 0 unspecified atom stereocenters. The maximum Gasteiger partial charge on any atom is 0.316 e. The predicted octanol–water partition coefficient (Wildman–Crippen LogP) is 4.41. The quantitative estimate of drug-likeness (QED) is 0.633. The van der Waals surface area contributed by atoms with Crippen LogP contribution in [0, 0.1) is 0 Å². The molecule has 2 aromatic carbocycles. The number of carbonyl (C=O) groups is 1. The first-order valence-corrected chi connectivity index (χ1v) is 8.16. The lowest BCUT2D eigenvalue weighted by Crippen LogP contribution is -2.31. The van der Waals surface area contributed by atoms with Crippen molar-refractivity contribution < 1.29 is 14.1 Å². The van der Waals surface area contributed by atoms with E-state index in [0.29, 0.717) is 10.8 Å². The Bertz CT molecular complexity index is 875. The van der Waals surface area contributed by atoms with Gasteiger partial charge in [-0.2, -0.15) is 4.98 Å². The number of carbonyl (C=O) groups excluding carboxylic acids is 1. The average Bonchev–Trinajstić information content (AvgIpc) is 3.09. The molecular formula is C19H17ClN2O3. The fourth-order valence-corrected chi connectivity index (χ4v) is 2.51. The third kappa shape index (κ3) is 3.88. The number of rotatable bonds is 5. The molecule has 5 nitrogen and oxygen atoms in total. The summed E-state index contributed by atoms with van der Waals surface area (Å²) < 4.78 is 10.5. The van der Waals surface area contributed by atoms with Gasteiger partial charge >= 0.3 is 5.97 Å². The molecule has 0 atom stereocenters. The highest BCUT2D eigenvalue weighted by Crippen LogP contribution is 2.27. The third-order valence-corrected chi connectivity index (χ3v) is 4.12. The van der Waals surface area contributed by atoms with E-state index in [1.54, 1.807) is 32.0 Å². The van der Waals surface area contributed by atoms with E-state index in [4.69, 9.17) is 20.9 Å². The first-order chi connectivity index (χ1) is 12.0. The highest BCUT2D eigenvalue weighted by molar-refractivity contribution is 6.30. The summed E-state index contributed by atoms with van der Waals surface area (Å²) in [4.78, 5) is 16.7. The van der Waals surface area contributed by atoms with E-state index in [2.05, 4.69) is 10.1 Å². The Morgan fingerprint density at radius 3 is 2.64 bits per heavy atom. The molecule has 1 heterocycles. The molecule has 128 valence electrons. The second kappa shape index (κ2) is 7.07. The highest BCUT2D eigenvalue weighted by atomic mass is 35.5. The van der Waals surface area contributed by atoms with E-state index in [-0.39, 0.29) is 12.5 Å². The van der Waals surface area contributed by atoms with E-state index < -0.39 is 11.4 Å². The molecule has 0 aliphatic rings. The molecule has 3 rings (SSSR count). The summed E-state index contributed by atoms with van der Waals surface area (Å²) in [7, 11) is 0. The Hall–Kier alpha value is -2.66. The Morgan fingerprint density at radius 2 is 1.92 bits per heavy atom. The van der Waals surface area contributed by atoms with E-state index >= 15 is 0 Å². The van der Waals surface area contributed by atoms with Gasteiger partial charge in [0.2, 0.25) is 5.82 Å². The van der Waals surface area contributed by atoms with Crippen LogP contribution in [0.25, 0.3) is 11.4 Å². The number of hydrogen-bond donors (Lipinski definition) is 0. The van der Waals surface area contributed by atoms with Crippen LogP contribution in [0.5, 0.6) is 0 Å². The first kappa shape index (κ1) is 17.2. The number of benzene rings is 2. The lowest BCUT2D eigenvalue weighted by molar-refractivity contribution is -0.151. The number of esters is 1. The van der Waals surface area contributed by atoms with Crippen molar-refractivity contribution in [3.05, 3.63) is 71.1 Å². The second-order valence-electron chi connectivity index (χ2n) is 6.09. The minimum atomic E-state index is -0.840. The van der Waals surface area contributed by atoms with Gasteiger partial charge in [-0.25, -0.2) is 0 Å². The topological polar surface area (TPSA) is 65.2 Å². The minimum Gasteiger partial charge on any atom is -0.455 e. The molecule has 0 amide bonds. The summed E-state index contributed by atoms with van der Waals surface area (Å²) in [5.74, 6) is 0.309. The predicted molar refractivity (Wildman–Crippen MR) is 94.0 cm³/mol. The molecule has 0 saturated heterocycles. The Morgan fingerprint density at radius 1 is 1.16 bits per heavy atom. The summed E-state index contributed by atoms with van der Waals surface area (Å²) in [6.45, 7) is 3.48. The monoisotopic (exact) mass is 356 g/mol. The van der Waals surface area contributed by atoms with Gasteiger partial charge in [0, 0.05) is 10.6 Å². The Balaban J connectivity index is 1.67. The zero-order valence-corrected chi connectivity index (χ0v) is 14.7. The van der Waals surface area contributed by atoms with Crippen LogP contribution in [0.2, 0.25) is 5.02 Å². The van der Waals surface area contributed by atoms with Crippen molar-refractivity contribution in [2.45, 2.75) is 25.9 Å². The van der Waals surface area contributed by atoms with Gasteiger partial charge in [-0.3, -0.25) is 4.79 Å². The lowest BCUT2D eigenvalue weighted by Gasteiger charge is -2.22. The average molecular weight is 357 g/mol. The molecule has 6 heteroatoms. The van der Waals surface area contributed by atoms with Gasteiger partial charge in [-0.1, -0.05) is 59.2 Å². The normalized spacial score (nSPS) is 11.3. The first-order valence-electron chi connectivity index (χ1n) is 7.78. The van der Waals surface area contributed by atoms with Crippen LogP contribution in [0.3, 0.4) is 0 Å². The van der Waals surface area contributed by atoms with E-state index in [1.807, 2.05) is 36.4 Å². The molecule has 25 heavy (non-hydrogen) atoms. The van der Waals surface area contributed by atoms with Crippen molar-refractivity contribution >= 4 is 17.6 Å². The molecular weight excluding hydrogens is 340 g/mol. The lowest BCUT2D eigenvalue weighted by atomic mass is 9.85. The number of nitrogens with zero attached hydrogens (tertiary/aromatic N) is 2. The zero-order chi connectivity index (χ0) is 17.9. The summed E-state index contributed by atoms with van der Waals surface area (Å²) in [6, 6.07) is 16.6. The number of ether oxygens (including phenoxy) is 1. The van der Waals surface area contributed by atoms with Gasteiger partial charge in [0.05, 0.1) is 5.41 Å². The SMILES string of the molecule is CC(C)(C(=O)OCc1nc(-c2ccccc2)no1)c1cccc(Cl)c1. The molecule has 0 aliphatic carbocycles. The fourth-order valence-electron chi connectivity index (χ4n) is 2.32. The molecule has 0 bridgehead atoms. The Labute approximate surface area is 150 Å². The van der Waals surface area contributed by atoms with Crippen LogP contribution in [-0.2, 0) is 21.6 Å². The van der Waals surface area contributed by atoms with Crippen LogP contribution in [-0.4, -0.2) is 16.1 Å². The largest absolute Gasteiger partial charge is 0.455 e. The molecule has 0 N–H and O–H groups in total. The smallest absolute Gasteiger partial charge is 0.316 e.